The van der Waals surface area contributed by atoms with E-state index in [4.69, 9.17) is 11.6 Å². The number of rotatable bonds is 4. The Morgan fingerprint density at radius 1 is 1.21 bits per heavy atom. The third-order valence-corrected chi connectivity index (χ3v) is 4.10. The van der Waals surface area contributed by atoms with Gasteiger partial charge in [0, 0.05) is 30.0 Å². The molecular weight excluding hydrogens is 326 g/mol. The normalized spacial score (nSPS) is 14.3. The van der Waals surface area contributed by atoms with Crippen molar-refractivity contribution in [3.8, 4) is 0 Å². The predicted molar refractivity (Wildman–Crippen MR) is 95.4 cm³/mol. The molecule has 1 aliphatic heterocycles. The van der Waals surface area contributed by atoms with Gasteiger partial charge in [0.2, 0.25) is 0 Å². The van der Waals surface area contributed by atoms with Crippen LogP contribution in [0.1, 0.15) is 25.1 Å². The van der Waals surface area contributed by atoms with E-state index in [1.165, 1.54) is 19.3 Å². The fourth-order valence-corrected chi connectivity index (χ4v) is 2.86. The van der Waals surface area contributed by atoms with Crippen molar-refractivity contribution in [2.45, 2.75) is 25.8 Å². The molecule has 1 aromatic heterocycles. The molecule has 1 aliphatic rings. The summed E-state index contributed by atoms with van der Waals surface area (Å²) >= 11 is 5.90. The van der Waals surface area contributed by atoms with Crippen molar-refractivity contribution in [1.82, 2.24) is 15.3 Å². The van der Waals surface area contributed by atoms with Crippen LogP contribution in [0.4, 0.5) is 16.3 Å². The number of carbonyl (C=O) groups is 1. The number of halogens is 1. The summed E-state index contributed by atoms with van der Waals surface area (Å²) in [5, 5.41) is 6.07. The number of hydrogen-bond acceptors (Lipinski definition) is 4. The van der Waals surface area contributed by atoms with Gasteiger partial charge >= 0.3 is 6.03 Å². The molecule has 6 nitrogen and oxygen atoms in total. The molecule has 2 amide bonds. The van der Waals surface area contributed by atoms with Crippen LogP contribution < -0.4 is 15.5 Å². The molecule has 0 radical (unpaired) electrons. The van der Waals surface area contributed by atoms with Gasteiger partial charge in [-0.15, -0.1) is 0 Å². The highest BCUT2D eigenvalue weighted by Gasteiger charge is 2.13. The highest BCUT2D eigenvalue weighted by molar-refractivity contribution is 6.30. The number of aromatic nitrogens is 2. The molecule has 1 aromatic carbocycles. The van der Waals surface area contributed by atoms with Gasteiger partial charge in [-0.3, -0.25) is 0 Å². The summed E-state index contributed by atoms with van der Waals surface area (Å²) in [4.78, 5) is 23.0. The van der Waals surface area contributed by atoms with Crippen molar-refractivity contribution >= 4 is 29.1 Å². The van der Waals surface area contributed by atoms with Gasteiger partial charge in [-0.1, -0.05) is 17.7 Å². The molecule has 2 N–H and O–H groups in total. The van der Waals surface area contributed by atoms with Crippen LogP contribution in [0.2, 0.25) is 5.02 Å². The van der Waals surface area contributed by atoms with Gasteiger partial charge < -0.3 is 15.5 Å². The summed E-state index contributed by atoms with van der Waals surface area (Å²) in [6, 6.07) is 8.60. The Hall–Kier alpha value is -2.34. The van der Waals surface area contributed by atoms with E-state index in [2.05, 4.69) is 25.5 Å². The van der Waals surface area contributed by atoms with E-state index in [0.717, 1.165) is 18.9 Å². The molecule has 0 spiro atoms. The van der Waals surface area contributed by atoms with Gasteiger partial charge in [0.15, 0.2) is 0 Å². The van der Waals surface area contributed by atoms with E-state index in [1.54, 1.807) is 30.5 Å². The van der Waals surface area contributed by atoms with E-state index in [1.807, 2.05) is 6.07 Å². The lowest BCUT2D eigenvalue weighted by molar-refractivity contribution is 0.251. The Morgan fingerprint density at radius 3 is 2.83 bits per heavy atom. The summed E-state index contributed by atoms with van der Waals surface area (Å²) < 4.78 is 0. The summed E-state index contributed by atoms with van der Waals surface area (Å²) in [5.41, 5.74) is 0.642. The van der Waals surface area contributed by atoms with Gasteiger partial charge in [0.05, 0.1) is 6.54 Å². The van der Waals surface area contributed by atoms with Crippen molar-refractivity contribution in [1.29, 1.82) is 0 Å². The monoisotopic (exact) mass is 345 g/mol. The molecule has 0 saturated carbocycles. The van der Waals surface area contributed by atoms with Gasteiger partial charge in [-0.05, 0) is 43.5 Å². The number of nitrogens with one attached hydrogen (secondary N) is 2. The molecule has 126 valence electrons. The van der Waals surface area contributed by atoms with Gasteiger partial charge in [-0.2, -0.15) is 0 Å². The molecular formula is C17H20ClN5O. The second-order valence-electron chi connectivity index (χ2n) is 5.70. The minimum Gasteiger partial charge on any atom is -0.357 e. The summed E-state index contributed by atoms with van der Waals surface area (Å²) in [6.07, 6.45) is 5.40. The highest BCUT2D eigenvalue weighted by atomic mass is 35.5. The average Bonchev–Trinajstić information content (AvgIpc) is 2.61. The van der Waals surface area contributed by atoms with E-state index >= 15 is 0 Å². The van der Waals surface area contributed by atoms with Crippen LogP contribution in [0.25, 0.3) is 0 Å². The lowest BCUT2D eigenvalue weighted by atomic mass is 10.1. The second kappa shape index (κ2) is 7.97. The number of amides is 2. The summed E-state index contributed by atoms with van der Waals surface area (Å²) in [6.45, 7) is 2.33. The van der Waals surface area contributed by atoms with E-state index in [9.17, 15) is 4.79 Å². The minimum absolute atomic E-state index is 0.272. The Labute approximate surface area is 146 Å². The first-order valence-electron chi connectivity index (χ1n) is 8.08. The second-order valence-corrected chi connectivity index (χ2v) is 6.13. The maximum atomic E-state index is 12.0. The topological polar surface area (TPSA) is 70.2 Å². The zero-order valence-electron chi connectivity index (χ0n) is 13.3. The zero-order chi connectivity index (χ0) is 16.8. The fraction of sp³-hybridized carbons (Fsp3) is 0.353. The summed E-state index contributed by atoms with van der Waals surface area (Å²) in [5.74, 6) is 1.52. The van der Waals surface area contributed by atoms with Crippen molar-refractivity contribution in [3.05, 3.63) is 47.4 Å². The quantitative estimate of drug-likeness (QED) is 0.890. The van der Waals surface area contributed by atoms with Crippen molar-refractivity contribution < 1.29 is 4.79 Å². The first-order valence-corrected chi connectivity index (χ1v) is 8.46. The predicted octanol–water partition coefficient (Wildman–Crippen LogP) is 3.44. The number of urea groups is 1. The third-order valence-electron chi connectivity index (χ3n) is 3.86. The number of benzene rings is 1. The number of piperidine rings is 1. The Kier molecular flexibility index (Phi) is 5.48. The molecule has 1 fully saturated rings. The smallest absolute Gasteiger partial charge is 0.319 e. The van der Waals surface area contributed by atoms with Gasteiger partial charge in [0.1, 0.15) is 11.6 Å². The molecule has 1 saturated heterocycles. The van der Waals surface area contributed by atoms with Crippen LogP contribution in [0.5, 0.6) is 0 Å². The SMILES string of the molecule is O=C(NCc1nccc(N2CCCCC2)n1)Nc1cccc(Cl)c1. The minimum atomic E-state index is -0.316. The molecule has 7 heteroatoms. The molecule has 0 atom stereocenters. The number of carbonyl (C=O) groups excluding carboxylic acids is 1. The fourth-order valence-electron chi connectivity index (χ4n) is 2.67. The summed E-state index contributed by atoms with van der Waals surface area (Å²) in [7, 11) is 0. The van der Waals surface area contributed by atoms with Crippen LogP contribution in [0.3, 0.4) is 0 Å². The average molecular weight is 346 g/mol. The van der Waals surface area contributed by atoms with Crippen molar-refractivity contribution in [3.63, 3.8) is 0 Å². The highest BCUT2D eigenvalue weighted by Crippen LogP contribution is 2.17. The van der Waals surface area contributed by atoms with Crippen LogP contribution in [-0.2, 0) is 6.54 Å². The molecule has 2 aromatic rings. The van der Waals surface area contributed by atoms with Crippen molar-refractivity contribution in [2.24, 2.45) is 0 Å². The van der Waals surface area contributed by atoms with Crippen LogP contribution in [0, 0.1) is 0 Å². The van der Waals surface area contributed by atoms with Gasteiger partial charge in [0.25, 0.3) is 0 Å². The Morgan fingerprint density at radius 2 is 2.04 bits per heavy atom. The van der Waals surface area contributed by atoms with Gasteiger partial charge in [-0.25, -0.2) is 14.8 Å². The lowest BCUT2D eigenvalue weighted by Gasteiger charge is -2.27. The molecule has 0 unspecified atom stereocenters. The van der Waals surface area contributed by atoms with Crippen LogP contribution >= 0.6 is 11.6 Å². The largest absolute Gasteiger partial charge is 0.357 e. The lowest BCUT2D eigenvalue weighted by Crippen LogP contribution is -2.31. The first-order chi connectivity index (χ1) is 11.7. The third kappa shape index (κ3) is 4.58. The Bertz CT molecular complexity index is 703. The van der Waals surface area contributed by atoms with E-state index in [-0.39, 0.29) is 12.6 Å². The molecule has 0 aliphatic carbocycles. The Balaban J connectivity index is 1.55. The van der Waals surface area contributed by atoms with E-state index < -0.39 is 0 Å². The van der Waals surface area contributed by atoms with Crippen LogP contribution in [0.15, 0.2) is 36.5 Å². The maximum Gasteiger partial charge on any atom is 0.319 e. The molecule has 3 rings (SSSR count). The number of nitrogens with zero attached hydrogens (tertiary/aromatic N) is 3. The number of hydrogen-bond donors (Lipinski definition) is 2. The molecule has 24 heavy (non-hydrogen) atoms. The molecule has 2 heterocycles. The molecule has 0 bridgehead atoms. The first kappa shape index (κ1) is 16.5. The number of anilines is 2. The maximum absolute atomic E-state index is 12.0. The standard InChI is InChI=1S/C17H20ClN5O/c18-13-5-4-6-14(11-13)21-17(24)20-12-15-19-8-7-16(22-15)23-9-2-1-3-10-23/h4-8,11H,1-3,9-10,12H2,(H2,20,21,24). The van der Waals surface area contributed by atoms with E-state index in [0.29, 0.717) is 16.5 Å². The zero-order valence-corrected chi connectivity index (χ0v) is 14.1. The van der Waals surface area contributed by atoms with Crippen LogP contribution in [-0.4, -0.2) is 29.1 Å². The van der Waals surface area contributed by atoms with Crippen molar-refractivity contribution in [2.75, 3.05) is 23.3 Å².